The number of nitrogen functional groups attached to an aromatic ring is 1. The molecule has 0 aliphatic heterocycles. The molecule has 0 fully saturated rings. The smallest absolute Gasteiger partial charge is 0.330 e. The summed E-state index contributed by atoms with van der Waals surface area (Å²) in [5, 5.41) is 4.46. The van der Waals surface area contributed by atoms with E-state index in [4.69, 9.17) is 5.73 Å². The molecular formula is C25H32N6O4. The van der Waals surface area contributed by atoms with Gasteiger partial charge >= 0.3 is 5.69 Å². The normalized spacial score (nSPS) is 11.0. The van der Waals surface area contributed by atoms with Gasteiger partial charge in [0.2, 0.25) is 0 Å². The Kier molecular flexibility index (Phi) is 8.06. The van der Waals surface area contributed by atoms with Gasteiger partial charge in [-0.25, -0.2) is 9.48 Å². The standard InChI is InChI=1S/C25H32N6O4/c1-5-7-14-29(20-22(26)30(15-8-6-2)25(35)27-23(20)33)24(34)21(32)19-16(3)28-31(17(19)4)18-12-10-9-11-13-18/h9-13H,5-8,14-15,26H2,1-4H3,(H,27,33,35). The van der Waals surface area contributed by atoms with Gasteiger partial charge in [0.1, 0.15) is 5.82 Å². The van der Waals surface area contributed by atoms with E-state index in [1.807, 2.05) is 44.2 Å². The summed E-state index contributed by atoms with van der Waals surface area (Å²) in [5.74, 6) is -1.81. The van der Waals surface area contributed by atoms with Gasteiger partial charge < -0.3 is 5.73 Å². The number of hydrogen-bond acceptors (Lipinski definition) is 6. The number of Topliss-reactive ketones (excluding diaryl/α,β-unsaturated/α-hetero) is 1. The van der Waals surface area contributed by atoms with E-state index < -0.39 is 22.9 Å². The largest absolute Gasteiger partial charge is 0.383 e. The molecule has 0 bridgehead atoms. The van der Waals surface area contributed by atoms with Crippen LogP contribution in [0.3, 0.4) is 0 Å². The van der Waals surface area contributed by atoms with Crippen molar-refractivity contribution in [3.05, 3.63) is 68.1 Å². The molecule has 3 rings (SSSR count). The van der Waals surface area contributed by atoms with Gasteiger partial charge in [-0.3, -0.25) is 28.8 Å². The molecule has 35 heavy (non-hydrogen) atoms. The predicted octanol–water partition coefficient (Wildman–Crippen LogP) is 2.74. The number of rotatable bonds is 10. The maximum Gasteiger partial charge on any atom is 0.330 e. The van der Waals surface area contributed by atoms with Gasteiger partial charge in [-0.2, -0.15) is 5.10 Å². The molecule has 1 aromatic carbocycles. The molecule has 0 saturated carbocycles. The van der Waals surface area contributed by atoms with E-state index >= 15 is 0 Å². The van der Waals surface area contributed by atoms with Gasteiger partial charge in [-0.1, -0.05) is 44.9 Å². The van der Waals surface area contributed by atoms with Crippen molar-refractivity contribution >= 4 is 23.2 Å². The molecule has 3 N–H and O–H groups in total. The Morgan fingerprint density at radius 1 is 1.06 bits per heavy atom. The molecule has 0 aliphatic rings. The third kappa shape index (κ3) is 5.11. The van der Waals surface area contributed by atoms with Crippen molar-refractivity contribution in [2.75, 3.05) is 17.2 Å². The lowest BCUT2D eigenvalue weighted by Crippen LogP contribution is -2.44. The molecular weight excluding hydrogens is 448 g/mol. The minimum Gasteiger partial charge on any atom is -0.383 e. The first-order valence-corrected chi connectivity index (χ1v) is 11.8. The van der Waals surface area contributed by atoms with Crippen LogP contribution in [-0.4, -0.2) is 37.6 Å². The lowest BCUT2D eigenvalue weighted by Gasteiger charge is -2.24. The molecule has 1 amide bonds. The quantitative estimate of drug-likeness (QED) is 0.338. The summed E-state index contributed by atoms with van der Waals surface area (Å²) in [6.07, 6.45) is 2.72. The molecule has 0 spiro atoms. The Bertz CT molecular complexity index is 1340. The predicted molar refractivity (Wildman–Crippen MR) is 135 cm³/mol. The van der Waals surface area contributed by atoms with Crippen molar-refractivity contribution in [1.29, 1.82) is 0 Å². The lowest BCUT2D eigenvalue weighted by atomic mass is 10.1. The van der Waals surface area contributed by atoms with Crippen LogP contribution in [0.2, 0.25) is 0 Å². The summed E-state index contributed by atoms with van der Waals surface area (Å²) in [6.45, 7) is 7.66. The molecule has 0 atom stereocenters. The fraction of sp³-hybridized carbons (Fsp3) is 0.400. The van der Waals surface area contributed by atoms with Crippen LogP contribution in [0, 0.1) is 13.8 Å². The van der Waals surface area contributed by atoms with Crippen LogP contribution in [0.4, 0.5) is 11.5 Å². The van der Waals surface area contributed by atoms with E-state index in [1.54, 1.807) is 18.5 Å². The van der Waals surface area contributed by atoms with Crippen molar-refractivity contribution in [3.8, 4) is 5.69 Å². The number of benzene rings is 1. The summed E-state index contributed by atoms with van der Waals surface area (Å²) < 4.78 is 2.85. The second-order valence-corrected chi connectivity index (χ2v) is 8.43. The number of carbonyl (C=O) groups is 2. The monoisotopic (exact) mass is 480 g/mol. The number of nitrogens with two attached hydrogens (primary N) is 1. The van der Waals surface area contributed by atoms with E-state index in [0.29, 0.717) is 24.2 Å². The summed E-state index contributed by atoms with van der Waals surface area (Å²) in [7, 11) is 0. The number of para-hydroxylation sites is 1. The number of nitrogens with one attached hydrogen (secondary N) is 1. The number of aryl methyl sites for hydroxylation is 1. The number of H-pyrrole nitrogens is 1. The van der Waals surface area contributed by atoms with Crippen LogP contribution in [-0.2, 0) is 11.3 Å². The number of aromatic nitrogens is 4. The number of hydrogen-bond donors (Lipinski definition) is 2. The Morgan fingerprint density at radius 2 is 1.71 bits per heavy atom. The number of ketones is 1. The van der Waals surface area contributed by atoms with Crippen LogP contribution >= 0.6 is 0 Å². The van der Waals surface area contributed by atoms with Gasteiger partial charge in [0.25, 0.3) is 17.2 Å². The summed E-state index contributed by atoms with van der Waals surface area (Å²) in [4.78, 5) is 55.6. The molecule has 2 aromatic heterocycles. The first-order valence-electron chi connectivity index (χ1n) is 11.8. The number of unbranched alkanes of at least 4 members (excludes halogenated alkanes) is 2. The molecule has 0 saturated heterocycles. The van der Waals surface area contributed by atoms with Crippen molar-refractivity contribution in [2.24, 2.45) is 0 Å². The number of amides is 1. The van der Waals surface area contributed by atoms with Gasteiger partial charge in [-0.05, 0) is 38.8 Å². The minimum atomic E-state index is -0.893. The third-order valence-electron chi connectivity index (χ3n) is 5.91. The fourth-order valence-corrected chi connectivity index (χ4v) is 4.03. The van der Waals surface area contributed by atoms with Gasteiger partial charge in [-0.15, -0.1) is 0 Å². The minimum absolute atomic E-state index is 0.102. The van der Waals surface area contributed by atoms with Crippen molar-refractivity contribution in [2.45, 2.75) is 59.9 Å². The first-order chi connectivity index (χ1) is 16.7. The summed E-state index contributed by atoms with van der Waals surface area (Å²) in [6, 6.07) is 9.28. The van der Waals surface area contributed by atoms with E-state index in [9.17, 15) is 19.2 Å². The van der Waals surface area contributed by atoms with E-state index in [2.05, 4.69) is 10.1 Å². The van der Waals surface area contributed by atoms with E-state index in [-0.39, 0.29) is 30.2 Å². The van der Waals surface area contributed by atoms with Crippen LogP contribution in [0.25, 0.3) is 5.69 Å². The average molecular weight is 481 g/mol. The SMILES string of the molecule is CCCCN(C(=O)C(=O)c1c(C)nn(-c2ccccc2)c1C)c1c(N)n(CCCC)c(=O)[nH]c1=O. The second-order valence-electron chi connectivity index (χ2n) is 8.43. The third-order valence-corrected chi connectivity index (χ3v) is 5.91. The van der Waals surface area contributed by atoms with E-state index in [0.717, 1.165) is 23.4 Å². The maximum atomic E-state index is 13.6. The Labute approximate surface area is 203 Å². The molecule has 186 valence electrons. The highest BCUT2D eigenvalue weighted by Gasteiger charge is 2.32. The lowest BCUT2D eigenvalue weighted by molar-refractivity contribution is -0.114. The second kappa shape index (κ2) is 11.0. The molecule has 10 nitrogen and oxygen atoms in total. The zero-order chi connectivity index (χ0) is 25.7. The van der Waals surface area contributed by atoms with Crippen LogP contribution in [0.5, 0.6) is 0 Å². The summed E-state index contributed by atoms with van der Waals surface area (Å²) >= 11 is 0. The van der Waals surface area contributed by atoms with Gasteiger partial charge in [0.15, 0.2) is 5.69 Å². The average Bonchev–Trinajstić information content (AvgIpc) is 3.14. The number of aromatic amines is 1. The zero-order valence-electron chi connectivity index (χ0n) is 20.6. The molecule has 2 heterocycles. The van der Waals surface area contributed by atoms with Crippen molar-refractivity contribution in [3.63, 3.8) is 0 Å². The maximum absolute atomic E-state index is 13.6. The van der Waals surface area contributed by atoms with Gasteiger partial charge in [0, 0.05) is 13.1 Å². The highest BCUT2D eigenvalue weighted by Crippen LogP contribution is 2.23. The zero-order valence-corrected chi connectivity index (χ0v) is 20.6. The number of anilines is 2. The van der Waals surface area contributed by atoms with Crippen molar-refractivity contribution < 1.29 is 9.59 Å². The van der Waals surface area contributed by atoms with E-state index in [1.165, 1.54) is 4.57 Å². The summed E-state index contributed by atoms with van der Waals surface area (Å²) in [5.41, 5.74) is 6.45. The van der Waals surface area contributed by atoms with Crippen LogP contribution < -0.4 is 21.9 Å². The van der Waals surface area contributed by atoms with Gasteiger partial charge in [0.05, 0.1) is 22.6 Å². The molecule has 10 heteroatoms. The molecule has 0 radical (unpaired) electrons. The highest BCUT2D eigenvalue weighted by atomic mass is 16.2. The highest BCUT2D eigenvalue weighted by molar-refractivity contribution is 6.47. The van der Waals surface area contributed by atoms with Crippen LogP contribution in [0.1, 0.15) is 61.3 Å². The van der Waals surface area contributed by atoms with Crippen LogP contribution in [0.15, 0.2) is 39.9 Å². The Hall–Kier alpha value is -3.95. The molecule has 3 aromatic rings. The number of carbonyl (C=O) groups excluding carboxylic acids is 2. The molecule has 0 unspecified atom stereocenters. The van der Waals surface area contributed by atoms with Crippen molar-refractivity contribution in [1.82, 2.24) is 19.3 Å². The topological polar surface area (TPSA) is 136 Å². The number of nitrogens with zero attached hydrogens (tertiary/aromatic N) is 4. The molecule has 0 aliphatic carbocycles. The fourth-order valence-electron chi connectivity index (χ4n) is 4.03. The first kappa shape index (κ1) is 25.7. The Morgan fingerprint density at radius 3 is 2.34 bits per heavy atom. The Balaban J connectivity index is 2.09.